The van der Waals surface area contributed by atoms with Crippen LogP contribution in [0.2, 0.25) is 0 Å². The zero-order valence-electron chi connectivity index (χ0n) is 20.9. The van der Waals surface area contributed by atoms with E-state index in [1.165, 1.54) is 56.6 Å². The lowest BCUT2D eigenvalue weighted by molar-refractivity contribution is -0.118. The number of nitrogens with zero attached hydrogens (tertiary/aromatic N) is 4. The molecule has 1 aliphatic heterocycles. The van der Waals surface area contributed by atoms with Gasteiger partial charge in [-0.2, -0.15) is 5.10 Å². The van der Waals surface area contributed by atoms with E-state index in [9.17, 15) is 4.79 Å². The summed E-state index contributed by atoms with van der Waals surface area (Å²) in [6.07, 6.45) is 6.18. The number of hydrogen-bond donors (Lipinski definition) is 1. The third-order valence-corrected chi connectivity index (χ3v) is 9.69. The van der Waals surface area contributed by atoms with Gasteiger partial charge in [0.1, 0.15) is 16.9 Å². The van der Waals surface area contributed by atoms with Crippen molar-refractivity contribution in [3.05, 3.63) is 39.7 Å². The number of thiophene rings is 1. The first kappa shape index (κ1) is 22.0. The first-order valence-electron chi connectivity index (χ1n) is 12.4. The van der Waals surface area contributed by atoms with Crippen LogP contribution in [0.15, 0.2) is 12.5 Å². The quantitative estimate of drug-likeness (QED) is 0.399. The predicted molar refractivity (Wildman–Crippen MR) is 138 cm³/mol. The lowest BCUT2D eigenvalue weighted by Gasteiger charge is -2.30. The highest BCUT2D eigenvalue weighted by Gasteiger charge is 2.46. The molecule has 1 N–H and O–H groups in total. The zero-order valence-corrected chi connectivity index (χ0v) is 21.7. The van der Waals surface area contributed by atoms with Gasteiger partial charge in [-0.1, -0.05) is 13.8 Å². The number of carbonyl (C=O) groups is 1. The summed E-state index contributed by atoms with van der Waals surface area (Å²) >= 11 is 1.96. The molecule has 0 radical (unpaired) electrons. The Morgan fingerprint density at radius 1 is 1.21 bits per heavy atom. The van der Waals surface area contributed by atoms with Crippen LogP contribution in [0, 0.1) is 26.7 Å². The molecule has 1 aliphatic carbocycles. The van der Waals surface area contributed by atoms with Gasteiger partial charge in [0, 0.05) is 34.6 Å². The molecule has 2 aliphatic rings. The number of aromatic nitrogens is 4. The number of carbonyl (C=O) groups excluding carboxylic acids is 1. The second kappa shape index (κ2) is 7.75. The number of piperidine rings is 1. The first-order valence-corrected chi connectivity index (χ1v) is 13.2. The molecule has 4 aromatic rings. The molecule has 0 amide bonds. The van der Waals surface area contributed by atoms with Gasteiger partial charge in [0.2, 0.25) is 0 Å². The van der Waals surface area contributed by atoms with Crippen molar-refractivity contribution in [1.82, 2.24) is 24.5 Å². The molecule has 2 fully saturated rings. The van der Waals surface area contributed by atoms with Crippen LogP contribution in [-0.2, 0) is 4.79 Å². The highest BCUT2D eigenvalue weighted by Crippen LogP contribution is 2.53. The second-order valence-electron chi connectivity index (χ2n) is 10.8. The topological polar surface area (TPSA) is 66.3 Å². The zero-order chi connectivity index (χ0) is 23.9. The van der Waals surface area contributed by atoms with Crippen molar-refractivity contribution in [2.45, 2.75) is 72.3 Å². The molecule has 34 heavy (non-hydrogen) atoms. The number of hydrogen-bond acceptors (Lipinski definition) is 5. The minimum atomic E-state index is 0.286. The molecule has 7 heteroatoms. The highest BCUT2D eigenvalue weighted by molar-refractivity contribution is 7.19. The average molecular weight is 476 g/mol. The first-order chi connectivity index (χ1) is 16.2. The maximum atomic E-state index is 11.7. The van der Waals surface area contributed by atoms with Gasteiger partial charge in [-0.05, 0) is 80.5 Å². The number of aryl methyl sites for hydroxylation is 2. The average Bonchev–Trinajstić information content (AvgIpc) is 3.57. The molecule has 1 saturated heterocycles. The van der Waals surface area contributed by atoms with Gasteiger partial charge in [0.05, 0.1) is 12.2 Å². The number of likely N-dealkylation sites (tertiary alicyclic amines) is 1. The van der Waals surface area contributed by atoms with Gasteiger partial charge >= 0.3 is 0 Å². The third-order valence-electron chi connectivity index (χ3n) is 8.35. The predicted octanol–water partition coefficient (Wildman–Crippen LogP) is 5.75. The summed E-state index contributed by atoms with van der Waals surface area (Å²) in [7, 11) is 0. The largest absolute Gasteiger partial charge is 0.346 e. The van der Waals surface area contributed by atoms with Crippen molar-refractivity contribution in [1.29, 1.82) is 0 Å². The number of fused-ring (bicyclic) bond motifs is 4. The molecule has 0 spiro atoms. The van der Waals surface area contributed by atoms with Crippen LogP contribution in [0.4, 0.5) is 0 Å². The summed E-state index contributed by atoms with van der Waals surface area (Å²) in [6.45, 7) is 14.7. The Morgan fingerprint density at radius 2 is 2.00 bits per heavy atom. The molecule has 1 saturated carbocycles. The highest BCUT2D eigenvalue weighted by atomic mass is 32.1. The Labute approximate surface area is 204 Å². The summed E-state index contributed by atoms with van der Waals surface area (Å²) in [6, 6.07) is 0.568. The standard InChI is InChI=1S/C27H33N5OS/c1-13(2)22-23-17(6)25(20-8-19-7-18(20)10-31(19)9-14(3)33)34-27(23)30-24(22)21-11-32-26(28-12-29-32)16(5)15(21)4/h11-13,18-20,30H,7-10H2,1-6H3/t18-,19?,20-/m0/s1. The van der Waals surface area contributed by atoms with Gasteiger partial charge in [0.25, 0.3) is 0 Å². The molecular formula is C27H33N5OS. The SMILES string of the molecule is CC(=O)CN1C[C@@H]2CC1C[C@@H]2c1sc2[nH]c(-c3cn4ncnc4c(C)c3C)c(C(C)C)c2c1C. The van der Waals surface area contributed by atoms with Crippen LogP contribution in [0.25, 0.3) is 27.1 Å². The Balaban J connectivity index is 1.43. The van der Waals surface area contributed by atoms with Crippen molar-refractivity contribution in [3.8, 4) is 11.3 Å². The Bertz CT molecular complexity index is 1440. The van der Waals surface area contributed by atoms with E-state index < -0.39 is 0 Å². The fraction of sp³-hybridized carbons (Fsp3) is 0.519. The molecule has 1 unspecified atom stereocenters. The van der Waals surface area contributed by atoms with E-state index >= 15 is 0 Å². The van der Waals surface area contributed by atoms with E-state index in [0.29, 0.717) is 30.3 Å². The summed E-state index contributed by atoms with van der Waals surface area (Å²) in [5.74, 6) is 1.99. The van der Waals surface area contributed by atoms with Gasteiger partial charge in [0.15, 0.2) is 5.65 Å². The Kier molecular flexibility index (Phi) is 5.01. The molecule has 5 heterocycles. The van der Waals surface area contributed by atoms with Crippen LogP contribution in [0.3, 0.4) is 0 Å². The van der Waals surface area contributed by atoms with Crippen LogP contribution >= 0.6 is 11.3 Å². The second-order valence-corrected chi connectivity index (χ2v) is 11.9. The van der Waals surface area contributed by atoms with E-state index in [1.54, 1.807) is 18.1 Å². The van der Waals surface area contributed by atoms with Gasteiger partial charge < -0.3 is 4.98 Å². The van der Waals surface area contributed by atoms with Crippen molar-refractivity contribution in [3.63, 3.8) is 0 Å². The monoisotopic (exact) mass is 475 g/mol. The molecule has 6 nitrogen and oxygen atoms in total. The lowest BCUT2D eigenvalue weighted by atomic mass is 9.88. The number of rotatable bonds is 5. The number of aromatic amines is 1. The molecule has 3 atom stereocenters. The number of pyridine rings is 1. The molecule has 0 aromatic carbocycles. The maximum Gasteiger partial charge on any atom is 0.158 e. The number of ketones is 1. The van der Waals surface area contributed by atoms with Crippen LogP contribution < -0.4 is 0 Å². The van der Waals surface area contributed by atoms with E-state index in [1.807, 2.05) is 15.9 Å². The fourth-order valence-corrected chi connectivity index (χ4v) is 8.13. The van der Waals surface area contributed by atoms with Crippen molar-refractivity contribution < 1.29 is 4.79 Å². The molecule has 2 bridgehead atoms. The lowest BCUT2D eigenvalue weighted by Crippen LogP contribution is -2.37. The van der Waals surface area contributed by atoms with Crippen LogP contribution in [-0.4, -0.2) is 49.4 Å². The summed E-state index contributed by atoms with van der Waals surface area (Å²) < 4.78 is 1.90. The van der Waals surface area contributed by atoms with Crippen molar-refractivity contribution in [2.75, 3.05) is 13.1 Å². The van der Waals surface area contributed by atoms with E-state index in [-0.39, 0.29) is 5.78 Å². The van der Waals surface area contributed by atoms with E-state index in [2.05, 4.69) is 60.8 Å². The minimum Gasteiger partial charge on any atom is -0.346 e. The molecule has 178 valence electrons. The maximum absolute atomic E-state index is 11.7. The summed E-state index contributed by atoms with van der Waals surface area (Å²) in [4.78, 5) is 25.2. The van der Waals surface area contributed by atoms with Gasteiger partial charge in [-0.3, -0.25) is 9.69 Å². The Hall–Kier alpha value is -2.51. The number of nitrogens with one attached hydrogen (secondary N) is 1. The molecular weight excluding hydrogens is 442 g/mol. The van der Waals surface area contributed by atoms with E-state index in [4.69, 9.17) is 0 Å². The number of H-pyrrole nitrogens is 1. The smallest absolute Gasteiger partial charge is 0.158 e. The van der Waals surface area contributed by atoms with Crippen LogP contribution in [0.5, 0.6) is 0 Å². The van der Waals surface area contributed by atoms with Crippen molar-refractivity contribution >= 4 is 33.0 Å². The summed E-state index contributed by atoms with van der Waals surface area (Å²) in [5.41, 5.74) is 8.67. The minimum absolute atomic E-state index is 0.286. The Morgan fingerprint density at radius 3 is 2.68 bits per heavy atom. The number of Topliss-reactive ketones (excluding diaryl/α,β-unsaturated/α-hetero) is 1. The van der Waals surface area contributed by atoms with Crippen molar-refractivity contribution in [2.24, 2.45) is 5.92 Å². The normalized spacial score (nSPS) is 22.7. The molecule has 4 aromatic heterocycles. The summed E-state index contributed by atoms with van der Waals surface area (Å²) in [5, 5.41) is 5.84. The van der Waals surface area contributed by atoms with Gasteiger partial charge in [-0.25, -0.2) is 9.50 Å². The van der Waals surface area contributed by atoms with Gasteiger partial charge in [-0.15, -0.1) is 11.3 Å². The van der Waals surface area contributed by atoms with Crippen LogP contribution in [0.1, 0.15) is 72.6 Å². The fourth-order valence-electron chi connectivity index (χ4n) is 6.69. The van der Waals surface area contributed by atoms with E-state index in [0.717, 1.165) is 12.2 Å². The third kappa shape index (κ3) is 3.13. The molecule has 6 rings (SSSR count).